The Labute approximate surface area is 124 Å². The van der Waals surface area contributed by atoms with Crippen LogP contribution in [0.3, 0.4) is 0 Å². The minimum absolute atomic E-state index is 0.0735. The molecule has 2 N–H and O–H groups in total. The molecule has 2 aromatic rings. The van der Waals surface area contributed by atoms with Crippen molar-refractivity contribution < 1.29 is 22.7 Å². The van der Waals surface area contributed by atoms with Gasteiger partial charge in [0, 0.05) is 0 Å². The van der Waals surface area contributed by atoms with Crippen LogP contribution in [0.15, 0.2) is 29.2 Å². The Morgan fingerprint density at radius 2 is 2.00 bits per heavy atom. The second-order valence-electron chi connectivity index (χ2n) is 4.11. The predicted molar refractivity (Wildman–Crippen MR) is 74.2 cm³/mol. The minimum atomic E-state index is -3.80. The van der Waals surface area contributed by atoms with E-state index < -0.39 is 21.8 Å². The molecule has 0 unspecified atom stereocenters. The Kier molecular flexibility index (Phi) is 4.35. The van der Waals surface area contributed by atoms with Crippen molar-refractivity contribution in [2.24, 2.45) is 0 Å². The molecule has 0 bridgehead atoms. The molecule has 0 radical (unpaired) electrons. The maximum atomic E-state index is 12.8. The fourth-order valence-corrected chi connectivity index (χ4v) is 3.50. The fourth-order valence-electron chi connectivity index (χ4n) is 1.58. The topological polar surface area (TPSA) is 96.4 Å². The summed E-state index contributed by atoms with van der Waals surface area (Å²) in [5, 5.41) is 9.25. The van der Waals surface area contributed by atoms with Gasteiger partial charge in [-0.25, -0.2) is 27.3 Å². The summed E-state index contributed by atoms with van der Waals surface area (Å²) in [6.45, 7) is 1.41. The van der Waals surface area contributed by atoms with Crippen molar-refractivity contribution in [1.82, 2.24) is 9.71 Å². The summed E-state index contributed by atoms with van der Waals surface area (Å²) < 4.78 is 39.0. The first-order chi connectivity index (χ1) is 9.79. The van der Waals surface area contributed by atoms with Gasteiger partial charge in [-0.3, -0.25) is 0 Å². The Balaban J connectivity index is 2.13. The van der Waals surface area contributed by atoms with Crippen LogP contribution in [0.1, 0.15) is 20.4 Å². The van der Waals surface area contributed by atoms with Gasteiger partial charge in [0.05, 0.1) is 17.1 Å². The standard InChI is InChI=1S/C12H11FN2O4S2/c1-7-11(12(16)17)20-10(15-7)6-14-21(18,19)9-4-2-8(13)3-5-9/h2-5,14H,6H2,1H3,(H,16,17). The van der Waals surface area contributed by atoms with E-state index in [9.17, 15) is 17.6 Å². The minimum Gasteiger partial charge on any atom is -0.477 e. The molecule has 0 spiro atoms. The molecule has 0 aliphatic carbocycles. The van der Waals surface area contributed by atoms with Crippen LogP contribution in [0.25, 0.3) is 0 Å². The Morgan fingerprint density at radius 3 is 2.52 bits per heavy atom. The van der Waals surface area contributed by atoms with Gasteiger partial charge in [0.1, 0.15) is 15.7 Å². The highest BCUT2D eigenvalue weighted by Gasteiger charge is 2.17. The molecule has 0 aliphatic heterocycles. The number of benzene rings is 1. The first-order valence-electron chi connectivity index (χ1n) is 5.74. The largest absolute Gasteiger partial charge is 0.477 e. The second-order valence-corrected chi connectivity index (χ2v) is 6.96. The molecule has 112 valence electrons. The highest BCUT2D eigenvalue weighted by molar-refractivity contribution is 7.89. The van der Waals surface area contributed by atoms with Crippen molar-refractivity contribution in [2.75, 3.05) is 0 Å². The molecule has 1 aromatic heterocycles. The van der Waals surface area contributed by atoms with Crippen LogP contribution >= 0.6 is 11.3 Å². The van der Waals surface area contributed by atoms with Gasteiger partial charge in [0.25, 0.3) is 0 Å². The molecule has 21 heavy (non-hydrogen) atoms. The van der Waals surface area contributed by atoms with Crippen LogP contribution in [-0.2, 0) is 16.6 Å². The molecular formula is C12H11FN2O4S2. The molecule has 0 aliphatic rings. The zero-order valence-electron chi connectivity index (χ0n) is 10.8. The number of carboxylic acid groups (broad SMARTS) is 1. The van der Waals surface area contributed by atoms with Gasteiger partial charge in [-0.15, -0.1) is 11.3 Å². The highest BCUT2D eigenvalue weighted by atomic mass is 32.2. The fraction of sp³-hybridized carbons (Fsp3) is 0.167. The molecule has 6 nitrogen and oxygen atoms in total. The van der Waals surface area contributed by atoms with E-state index in [1.54, 1.807) is 0 Å². The summed E-state index contributed by atoms with van der Waals surface area (Å²) in [4.78, 5) is 14.9. The lowest BCUT2D eigenvalue weighted by molar-refractivity contribution is 0.0701. The van der Waals surface area contributed by atoms with Crippen LogP contribution in [0.4, 0.5) is 4.39 Å². The molecule has 0 fully saturated rings. The SMILES string of the molecule is Cc1nc(CNS(=O)(=O)c2ccc(F)cc2)sc1C(=O)O. The van der Waals surface area contributed by atoms with Gasteiger partial charge in [-0.2, -0.15) is 0 Å². The number of thiazole rings is 1. The zero-order chi connectivity index (χ0) is 15.6. The van der Waals surface area contributed by atoms with Gasteiger partial charge < -0.3 is 5.11 Å². The normalized spacial score (nSPS) is 11.5. The van der Waals surface area contributed by atoms with E-state index in [2.05, 4.69) is 9.71 Å². The van der Waals surface area contributed by atoms with E-state index in [1.165, 1.54) is 6.92 Å². The molecule has 9 heteroatoms. The predicted octanol–water partition coefficient (Wildman–Crippen LogP) is 1.77. The van der Waals surface area contributed by atoms with Gasteiger partial charge in [0.2, 0.25) is 10.0 Å². The summed E-state index contributed by atoms with van der Waals surface area (Å²) in [7, 11) is -3.80. The number of halogens is 1. The zero-order valence-corrected chi connectivity index (χ0v) is 12.5. The monoisotopic (exact) mass is 330 g/mol. The summed E-state index contributed by atoms with van der Waals surface area (Å²) in [6.07, 6.45) is 0. The van der Waals surface area contributed by atoms with E-state index in [4.69, 9.17) is 5.11 Å². The van der Waals surface area contributed by atoms with Crippen molar-refractivity contribution >= 4 is 27.3 Å². The molecule has 1 heterocycles. The number of carboxylic acids is 1. The number of nitrogens with zero attached hydrogens (tertiary/aromatic N) is 1. The van der Waals surface area contributed by atoms with Crippen LogP contribution in [-0.4, -0.2) is 24.5 Å². The van der Waals surface area contributed by atoms with Gasteiger partial charge in [-0.05, 0) is 31.2 Å². The Bertz CT molecular complexity index is 769. The highest BCUT2D eigenvalue weighted by Crippen LogP contribution is 2.18. The third kappa shape index (κ3) is 3.63. The van der Waals surface area contributed by atoms with Crippen LogP contribution in [0.2, 0.25) is 0 Å². The summed E-state index contributed by atoms with van der Waals surface area (Å²) >= 11 is 0.908. The number of hydrogen-bond donors (Lipinski definition) is 2. The van der Waals surface area contributed by atoms with Gasteiger partial charge in [0.15, 0.2) is 0 Å². The lowest BCUT2D eigenvalue weighted by Gasteiger charge is -2.04. The number of aryl methyl sites for hydroxylation is 1. The third-order valence-corrected chi connectivity index (χ3v) is 5.14. The number of aromatic nitrogens is 1. The quantitative estimate of drug-likeness (QED) is 0.871. The van der Waals surface area contributed by atoms with Gasteiger partial charge in [-0.1, -0.05) is 0 Å². The number of rotatable bonds is 5. The smallest absolute Gasteiger partial charge is 0.347 e. The maximum Gasteiger partial charge on any atom is 0.347 e. The molecule has 0 amide bonds. The molecule has 0 saturated heterocycles. The molecule has 0 saturated carbocycles. The molecule has 2 rings (SSSR count). The number of carbonyl (C=O) groups is 1. The van der Waals surface area contributed by atoms with Crippen molar-refractivity contribution in [3.05, 3.63) is 45.7 Å². The van der Waals surface area contributed by atoms with Crippen LogP contribution in [0.5, 0.6) is 0 Å². The Hall–Kier alpha value is -1.84. The third-order valence-electron chi connectivity index (χ3n) is 2.57. The maximum absolute atomic E-state index is 12.8. The number of sulfonamides is 1. The lowest BCUT2D eigenvalue weighted by atomic mass is 10.4. The van der Waals surface area contributed by atoms with Crippen molar-refractivity contribution in [3.63, 3.8) is 0 Å². The first kappa shape index (κ1) is 15.5. The average molecular weight is 330 g/mol. The summed E-state index contributed by atoms with van der Waals surface area (Å²) in [6, 6.07) is 4.39. The van der Waals surface area contributed by atoms with E-state index in [0.29, 0.717) is 10.7 Å². The van der Waals surface area contributed by atoms with Crippen molar-refractivity contribution in [3.8, 4) is 0 Å². The summed E-state index contributed by atoms with van der Waals surface area (Å²) in [5.41, 5.74) is 0.337. The van der Waals surface area contributed by atoms with Crippen LogP contribution in [0, 0.1) is 12.7 Å². The van der Waals surface area contributed by atoms with E-state index in [-0.39, 0.29) is 16.3 Å². The van der Waals surface area contributed by atoms with Crippen LogP contribution < -0.4 is 4.72 Å². The lowest BCUT2D eigenvalue weighted by Crippen LogP contribution is -2.23. The molecular weight excluding hydrogens is 319 g/mol. The second kappa shape index (κ2) is 5.88. The van der Waals surface area contributed by atoms with Gasteiger partial charge >= 0.3 is 5.97 Å². The van der Waals surface area contributed by atoms with E-state index >= 15 is 0 Å². The van der Waals surface area contributed by atoms with Crippen molar-refractivity contribution in [2.45, 2.75) is 18.4 Å². The average Bonchev–Trinajstić information content (AvgIpc) is 2.79. The summed E-state index contributed by atoms with van der Waals surface area (Å²) in [5.74, 6) is -1.63. The molecule has 0 atom stereocenters. The van der Waals surface area contributed by atoms with E-state index in [1.807, 2.05) is 0 Å². The number of nitrogens with one attached hydrogen (secondary N) is 1. The first-order valence-corrected chi connectivity index (χ1v) is 8.04. The number of aromatic carboxylic acids is 1. The molecule has 1 aromatic carbocycles. The Morgan fingerprint density at radius 1 is 1.38 bits per heavy atom. The number of hydrogen-bond acceptors (Lipinski definition) is 5. The van der Waals surface area contributed by atoms with E-state index in [0.717, 1.165) is 35.6 Å². The van der Waals surface area contributed by atoms with Crippen molar-refractivity contribution in [1.29, 1.82) is 0 Å².